The second kappa shape index (κ2) is 8.64. The molecular formula is C11H23NO3Si. The summed E-state index contributed by atoms with van der Waals surface area (Å²) in [4.78, 5) is 10.5. The van der Waals surface area contributed by atoms with E-state index in [0.717, 1.165) is 18.9 Å². The largest absolute Gasteiger partial charge is 0.488 e. The van der Waals surface area contributed by atoms with Crippen LogP contribution >= 0.6 is 0 Å². The molecule has 0 aliphatic rings. The third-order valence-electron chi connectivity index (χ3n) is 2.23. The summed E-state index contributed by atoms with van der Waals surface area (Å²) in [5.41, 5.74) is 0. The van der Waals surface area contributed by atoms with Crippen molar-refractivity contribution in [1.82, 2.24) is 0 Å². The average molecular weight is 245 g/mol. The van der Waals surface area contributed by atoms with Gasteiger partial charge in [0.2, 0.25) is 6.08 Å². The molecule has 0 aromatic rings. The lowest BCUT2D eigenvalue weighted by atomic mass is 10.1. The quantitative estimate of drug-likeness (QED) is 0.356. The van der Waals surface area contributed by atoms with E-state index in [4.69, 9.17) is 8.85 Å². The van der Waals surface area contributed by atoms with Crippen molar-refractivity contribution in [3.8, 4) is 0 Å². The molecule has 0 saturated heterocycles. The Morgan fingerprint density at radius 3 is 2.19 bits per heavy atom. The van der Waals surface area contributed by atoms with Crippen LogP contribution in [0, 0.1) is 5.92 Å². The number of carbonyl (C=O) groups excluding carboxylic acids is 1. The van der Waals surface area contributed by atoms with Gasteiger partial charge in [0.15, 0.2) is 0 Å². The van der Waals surface area contributed by atoms with Crippen molar-refractivity contribution in [2.24, 2.45) is 10.6 Å². The van der Waals surface area contributed by atoms with Crippen molar-refractivity contribution in [3.05, 3.63) is 0 Å². The van der Waals surface area contributed by atoms with E-state index in [2.05, 4.69) is 18.5 Å². The zero-order valence-corrected chi connectivity index (χ0v) is 11.8. The van der Waals surface area contributed by atoms with Crippen LogP contribution in [0.5, 0.6) is 0 Å². The van der Waals surface area contributed by atoms with Crippen LogP contribution in [0.25, 0.3) is 0 Å². The van der Waals surface area contributed by atoms with E-state index in [0.29, 0.717) is 19.1 Å². The molecule has 0 fully saturated rings. The minimum Gasteiger partial charge on any atom is -0.377 e. The summed E-state index contributed by atoms with van der Waals surface area (Å²) in [5.74, 6) is 0.648. The second-order valence-corrected chi connectivity index (χ2v) is 6.79. The van der Waals surface area contributed by atoms with Crippen LogP contribution in [-0.2, 0) is 13.6 Å². The average Bonchev–Trinajstić information content (AvgIpc) is 2.18. The molecule has 0 rings (SSSR count). The standard InChI is InChI=1S/C11H23NO3Si/c1-5-14-16(12-10-13,15-6-2)9-7-8-11(3)4/h11H,5-9H2,1-4H3. The summed E-state index contributed by atoms with van der Waals surface area (Å²) in [7, 11) is -2.66. The van der Waals surface area contributed by atoms with Gasteiger partial charge in [-0.25, -0.2) is 4.79 Å². The van der Waals surface area contributed by atoms with Crippen molar-refractivity contribution in [2.75, 3.05) is 13.2 Å². The Kier molecular flexibility index (Phi) is 8.38. The third kappa shape index (κ3) is 6.18. The maximum Gasteiger partial charge on any atom is 0.488 e. The zero-order chi connectivity index (χ0) is 12.4. The van der Waals surface area contributed by atoms with E-state index in [9.17, 15) is 4.79 Å². The van der Waals surface area contributed by atoms with Crippen molar-refractivity contribution in [1.29, 1.82) is 0 Å². The fourth-order valence-corrected chi connectivity index (χ4v) is 3.87. The maximum absolute atomic E-state index is 10.5. The Balaban J connectivity index is 4.41. The van der Waals surface area contributed by atoms with E-state index < -0.39 is 8.72 Å². The van der Waals surface area contributed by atoms with E-state index in [1.807, 2.05) is 13.8 Å². The number of nitrogens with zero attached hydrogens (tertiary/aromatic N) is 1. The van der Waals surface area contributed by atoms with Crippen LogP contribution in [0.4, 0.5) is 0 Å². The van der Waals surface area contributed by atoms with E-state index in [-0.39, 0.29) is 0 Å². The lowest BCUT2D eigenvalue weighted by molar-refractivity contribution is 0.183. The van der Waals surface area contributed by atoms with Crippen molar-refractivity contribution in [2.45, 2.75) is 46.6 Å². The molecule has 0 heterocycles. The molecule has 5 heteroatoms. The molecule has 0 amide bonds. The molecule has 0 unspecified atom stereocenters. The molecule has 0 bridgehead atoms. The zero-order valence-electron chi connectivity index (χ0n) is 10.8. The van der Waals surface area contributed by atoms with E-state index in [1.54, 1.807) is 6.08 Å². The van der Waals surface area contributed by atoms with Crippen LogP contribution in [0.2, 0.25) is 6.04 Å². The first-order valence-electron chi connectivity index (χ1n) is 5.97. The van der Waals surface area contributed by atoms with Crippen LogP contribution in [-0.4, -0.2) is 28.0 Å². The fraction of sp³-hybridized carbons (Fsp3) is 0.909. The van der Waals surface area contributed by atoms with Gasteiger partial charge in [0.25, 0.3) is 0 Å². The minimum atomic E-state index is -2.66. The summed E-state index contributed by atoms with van der Waals surface area (Å²) < 4.78 is 15.0. The molecule has 0 radical (unpaired) electrons. The normalized spacial score (nSPS) is 11.6. The summed E-state index contributed by atoms with van der Waals surface area (Å²) >= 11 is 0. The molecule has 0 spiro atoms. The van der Waals surface area contributed by atoms with Crippen molar-refractivity contribution < 1.29 is 13.6 Å². The number of rotatable bonds is 9. The molecule has 0 aliphatic heterocycles. The lowest BCUT2D eigenvalue weighted by Crippen LogP contribution is -2.40. The Morgan fingerprint density at radius 1 is 1.25 bits per heavy atom. The molecule has 0 atom stereocenters. The number of hydrogen-bond acceptors (Lipinski definition) is 4. The van der Waals surface area contributed by atoms with Crippen molar-refractivity contribution in [3.63, 3.8) is 0 Å². The monoisotopic (exact) mass is 245 g/mol. The predicted octanol–water partition coefficient (Wildman–Crippen LogP) is 2.77. The van der Waals surface area contributed by atoms with Gasteiger partial charge in [0, 0.05) is 19.3 Å². The number of hydrogen-bond donors (Lipinski definition) is 0. The van der Waals surface area contributed by atoms with Crippen LogP contribution in [0.1, 0.15) is 40.5 Å². The SMILES string of the molecule is CCO[Si](CCCC(C)C)(N=C=O)OCC. The summed E-state index contributed by atoms with van der Waals surface area (Å²) in [5, 5.41) is 0. The van der Waals surface area contributed by atoms with Gasteiger partial charge in [-0.15, -0.1) is 0 Å². The molecule has 94 valence electrons. The molecule has 16 heavy (non-hydrogen) atoms. The van der Waals surface area contributed by atoms with E-state index in [1.165, 1.54) is 0 Å². The van der Waals surface area contributed by atoms with Crippen LogP contribution < -0.4 is 0 Å². The summed E-state index contributed by atoms with van der Waals surface area (Å²) in [6.07, 6.45) is 3.68. The Morgan fingerprint density at radius 2 is 1.81 bits per heavy atom. The highest BCUT2D eigenvalue weighted by molar-refractivity contribution is 6.66. The molecular weight excluding hydrogens is 222 g/mol. The highest BCUT2D eigenvalue weighted by Crippen LogP contribution is 2.20. The van der Waals surface area contributed by atoms with Gasteiger partial charge in [-0.1, -0.05) is 20.3 Å². The topological polar surface area (TPSA) is 47.9 Å². The highest BCUT2D eigenvalue weighted by atomic mass is 28.4. The van der Waals surface area contributed by atoms with Gasteiger partial charge in [0.05, 0.1) is 0 Å². The Hall–Kier alpha value is -0.483. The van der Waals surface area contributed by atoms with Gasteiger partial charge in [-0.2, -0.15) is 4.66 Å². The molecule has 4 nitrogen and oxygen atoms in total. The predicted molar refractivity (Wildman–Crippen MR) is 66.0 cm³/mol. The Labute approximate surface area is 99.4 Å². The van der Waals surface area contributed by atoms with Gasteiger partial charge in [-0.3, -0.25) is 0 Å². The third-order valence-corrected chi connectivity index (χ3v) is 5.13. The maximum atomic E-state index is 10.5. The first-order valence-corrected chi connectivity index (χ1v) is 7.94. The minimum absolute atomic E-state index is 0.527. The smallest absolute Gasteiger partial charge is 0.377 e. The van der Waals surface area contributed by atoms with Crippen molar-refractivity contribution >= 4 is 14.8 Å². The van der Waals surface area contributed by atoms with Gasteiger partial charge in [0.1, 0.15) is 0 Å². The van der Waals surface area contributed by atoms with Crippen LogP contribution in [0.3, 0.4) is 0 Å². The van der Waals surface area contributed by atoms with Gasteiger partial charge < -0.3 is 8.85 Å². The molecule has 0 N–H and O–H groups in total. The molecule has 0 aromatic heterocycles. The molecule has 0 aromatic carbocycles. The molecule has 0 saturated carbocycles. The molecule has 0 aliphatic carbocycles. The summed E-state index contributed by atoms with van der Waals surface area (Å²) in [6, 6.07) is 0.738. The van der Waals surface area contributed by atoms with Gasteiger partial charge >= 0.3 is 8.72 Å². The van der Waals surface area contributed by atoms with Gasteiger partial charge in [-0.05, 0) is 26.2 Å². The van der Waals surface area contributed by atoms with E-state index >= 15 is 0 Å². The Bertz CT molecular complexity index is 221. The highest BCUT2D eigenvalue weighted by Gasteiger charge is 2.38. The fourth-order valence-electron chi connectivity index (χ4n) is 1.56. The first kappa shape index (κ1) is 15.5. The first-order chi connectivity index (χ1) is 7.60. The van der Waals surface area contributed by atoms with Crippen LogP contribution in [0.15, 0.2) is 4.66 Å². The number of isocyanates is 1. The summed E-state index contributed by atoms with van der Waals surface area (Å²) in [6.45, 7) is 9.19. The lowest BCUT2D eigenvalue weighted by Gasteiger charge is -2.23. The second-order valence-electron chi connectivity index (χ2n) is 4.07.